The van der Waals surface area contributed by atoms with E-state index in [2.05, 4.69) is 10.3 Å². The Kier molecular flexibility index (Phi) is 2.92. The highest BCUT2D eigenvalue weighted by Gasteiger charge is 2.28. The molecule has 13 heavy (non-hydrogen) atoms. The third kappa shape index (κ3) is 3.06. The summed E-state index contributed by atoms with van der Waals surface area (Å²) in [5.74, 6) is 0.389. The Balaban J connectivity index is 2.70. The SMILES string of the molecule is CNCc1nccn1CC(F)(F)F. The monoisotopic (exact) mass is 193 g/mol. The Bertz CT molecular complexity index is 266. The molecule has 3 nitrogen and oxygen atoms in total. The predicted molar refractivity (Wildman–Crippen MR) is 41.0 cm³/mol. The highest BCUT2D eigenvalue weighted by atomic mass is 19.4. The lowest BCUT2D eigenvalue weighted by Gasteiger charge is -2.09. The summed E-state index contributed by atoms with van der Waals surface area (Å²) in [7, 11) is 1.66. The van der Waals surface area contributed by atoms with Crippen molar-refractivity contribution in [3.8, 4) is 0 Å². The van der Waals surface area contributed by atoms with Crippen molar-refractivity contribution in [3.63, 3.8) is 0 Å². The number of hydrogen-bond donors (Lipinski definition) is 1. The van der Waals surface area contributed by atoms with Crippen LogP contribution in [0.5, 0.6) is 0 Å². The van der Waals surface area contributed by atoms with Gasteiger partial charge >= 0.3 is 6.18 Å². The van der Waals surface area contributed by atoms with Crippen LogP contribution in [0.2, 0.25) is 0 Å². The number of nitrogens with zero attached hydrogens (tertiary/aromatic N) is 2. The summed E-state index contributed by atoms with van der Waals surface area (Å²) < 4.78 is 37.0. The molecule has 1 aromatic rings. The number of imidazole rings is 1. The van der Waals surface area contributed by atoms with Crippen LogP contribution in [0.3, 0.4) is 0 Å². The molecule has 0 radical (unpaired) electrons. The van der Waals surface area contributed by atoms with Crippen LogP contribution in [-0.4, -0.2) is 22.8 Å². The van der Waals surface area contributed by atoms with E-state index in [9.17, 15) is 13.2 Å². The zero-order valence-corrected chi connectivity index (χ0v) is 7.10. The molecule has 0 saturated carbocycles. The fraction of sp³-hybridized carbons (Fsp3) is 0.571. The maximum absolute atomic E-state index is 12.0. The third-order valence-corrected chi connectivity index (χ3v) is 1.49. The van der Waals surface area contributed by atoms with E-state index in [4.69, 9.17) is 0 Å². The average molecular weight is 193 g/mol. The van der Waals surface area contributed by atoms with Gasteiger partial charge in [-0.15, -0.1) is 0 Å². The molecule has 0 spiro atoms. The van der Waals surface area contributed by atoms with Gasteiger partial charge in [-0.05, 0) is 7.05 Å². The zero-order chi connectivity index (χ0) is 9.90. The van der Waals surface area contributed by atoms with Crippen molar-refractivity contribution in [1.82, 2.24) is 14.9 Å². The fourth-order valence-corrected chi connectivity index (χ4v) is 1.00. The Morgan fingerprint density at radius 2 is 2.23 bits per heavy atom. The summed E-state index contributed by atoms with van der Waals surface area (Å²) in [5, 5.41) is 2.75. The molecule has 0 atom stereocenters. The second-order valence-corrected chi connectivity index (χ2v) is 2.62. The Morgan fingerprint density at radius 3 is 2.77 bits per heavy atom. The number of hydrogen-bond acceptors (Lipinski definition) is 2. The molecule has 1 rings (SSSR count). The number of nitrogens with one attached hydrogen (secondary N) is 1. The minimum atomic E-state index is -4.19. The lowest BCUT2D eigenvalue weighted by Crippen LogP contribution is -2.21. The largest absolute Gasteiger partial charge is 0.406 e. The molecular formula is C7H10F3N3. The summed E-state index contributed by atoms with van der Waals surface area (Å²) in [4.78, 5) is 3.79. The first-order chi connectivity index (χ1) is 6.03. The summed E-state index contributed by atoms with van der Waals surface area (Å²) in [5.41, 5.74) is 0. The first-order valence-corrected chi connectivity index (χ1v) is 3.74. The van der Waals surface area contributed by atoms with Gasteiger partial charge in [-0.1, -0.05) is 0 Å². The van der Waals surface area contributed by atoms with Gasteiger partial charge in [0, 0.05) is 12.4 Å². The second-order valence-electron chi connectivity index (χ2n) is 2.62. The van der Waals surface area contributed by atoms with Crippen molar-refractivity contribution in [2.24, 2.45) is 0 Å². The summed E-state index contributed by atoms with van der Waals surface area (Å²) >= 11 is 0. The smallest absolute Gasteiger partial charge is 0.325 e. The van der Waals surface area contributed by atoms with E-state index in [1.54, 1.807) is 7.05 Å². The molecule has 0 unspecified atom stereocenters. The summed E-state index contributed by atoms with van der Waals surface area (Å²) in [6.07, 6.45) is -1.51. The molecule has 0 saturated heterocycles. The molecule has 1 N–H and O–H groups in total. The van der Waals surface area contributed by atoms with Crippen molar-refractivity contribution >= 4 is 0 Å². The third-order valence-electron chi connectivity index (χ3n) is 1.49. The van der Waals surface area contributed by atoms with Gasteiger partial charge in [-0.3, -0.25) is 0 Å². The van der Waals surface area contributed by atoms with Crippen molar-refractivity contribution in [1.29, 1.82) is 0 Å². The van der Waals surface area contributed by atoms with Gasteiger partial charge in [0.25, 0.3) is 0 Å². The molecule has 0 aromatic carbocycles. The van der Waals surface area contributed by atoms with Gasteiger partial charge < -0.3 is 9.88 Å². The van der Waals surface area contributed by atoms with Gasteiger partial charge in [-0.25, -0.2) is 4.98 Å². The van der Waals surface area contributed by atoms with Crippen molar-refractivity contribution < 1.29 is 13.2 Å². The average Bonchev–Trinajstić information content (AvgIpc) is 2.34. The van der Waals surface area contributed by atoms with Gasteiger partial charge in [0.15, 0.2) is 0 Å². The molecule has 0 bridgehead atoms. The van der Waals surface area contributed by atoms with Gasteiger partial charge in [0.2, 0.25) is 0 Å². The standard InChI is InChI=1S/C7H10F3N3/c1-11-4-6-12-2-3-13(6)5-7(8,9)10/h2-3,11H,4-5H2,1H3. The maximum Gasteiger partial charge on any atom is 0.406 e. The Morgan fingerprint density at radius 1 is 1.54 bits per heavy atom. The lowest BCUT2D eigenvalue weighted by atomic mass is 10.5. The van der Waals surface area contributed by atoms with E-state index < -0.39 is 12.7 Å². The first kappa shape index (κ1) is 10.0. The number of alkyl halides is 3. The van der Waals surface area contributed by atoms with Crippen LogP contribution in [0, 0.1) is 0 Å². The van der Waals surface area contributed by atoms with Crippen LogP contribution in [0.4, 0.5) is 13.2 Å². The molecule has 0 fully saturated rings. The van der Waals surface area contributed by atoms with Crippen molar-refractivity contribution in [3.05, 3.63) is 18.2 Å². The van der Waals surface area contributed by atoms with E-state index in [1.165, 1.54) is 12.4 Å². The minimum absolute atomic E-state index is 0.336. The Hall–Kier alpha value is -1.04. The molecule has 1 aromatic heterocycles. The molecular weight excluding hydrogens is 183 g/mol. The van der Waals surface area contributed by atoms with Crippen LogP contribution in [0.25, 0.3) is 0 Å². The molecule has 0 amide bonds. The minimum Gasteiger partial charge on any atom is -0.325 e. The van der Waals surface area contributed by atoms with Crippen molar-refractivity contribution in [2.75, 3.05) is 7.05 Å². The van der Waals surface area contributed by atoms with Gasteiger partial charge in [0.1, 0.15) is 12.4 Å². The molecule has 74 valence electrons. The Labute approximate surface area is 73.6 Å². The molecule has 1 heterocycles. The molecule has 0 aliphatic heterocycles. The van der Waals surface area contributed by atoms with Crippen LogP contribution >= 0.6 is 0 Å². The zero-order valence-electron chi connectivity index (χ0n) is 7.10. The van der Waals surface area contributed by atoms with Crippen LogP contribution in [-0.2, 0) is 13.1 Å². The van der Waals surface area contributed by atoms with E-state index in [0.29, 0.717) is 12.4 Å². The second kappa shape index (κ2) is 3.78. The van der Waals surface area contributed by atoms with E-state index in [1.807, 2.05) is 0 Å². The molecule has 0 aliphatic carbocycles. The normalized spacial score (nSPS) is 12.0. The van der Waals surface area contributed by atoms with Gasteiger partial charge in [0.05, 0.1) is 6.54 Å². The van der Waals surface area contributed by atoms with Crippen LogP contribution in [0.1, 0.15) is 5.82 Å². The first-order valence-electron chi connectivity index (χ1n) is 3.74. The van der Waals surface area contributed by atoms with Crippen molar-refractivity contribution in [2.45, 2.75) is 19.3 Å². The predicted octanol–water partition coefficient (Wildman–Crippen LogP) is 1.16. The quantitative estimate of drug-likeness (QED) is 0.780. The van der Waals surface area contributed by atoms with E-state index in [0.717, 1.165) is 4.57 Å². The number of halogens is 3. The number of rotatable bonds is 3. The molecule has 6 heteroatoms. The fourth-order valence-electron chi connectivity index (χ4n) is 1.00. The van der Waals surface area contributed by atoms with E-state index in [-0.39, 0.29) is 0 Å². The summed E-state index contributed by atoms with van der Waals surface area (Å²) in [6, 6.07) is 0. The maximum atomic E-state index is 12.0. The van der Waals surface area contributed by atoms with Crippen LogP contribution < -0.4 is 5.32 Å². The number of aromatic nitrogens is 2. The van der Waals surface area contributed by atoms with E-state index >= 15 is 0 Å². The highest BCUT2D eigenvalue weighted by Crippen LogP contribution is 2.18. The lowest BCUT2D eigenvalue weighted by molar-refractivity contribution is -0.141. The summed E-state index contributed by atoms with van der Waals surface area (Å²) in [6.45, 7) is -0.646. The molecule has 0 aliphatic rings. The van der Waals surface area contributed by atoms with Gasteiger partial charge in [-0.2, -0.15) is 13.2 Å². The topological polar surface area (TPSA) is 29.9 Å². The highest BCUT2D eigenvalue weighted by molar-refractivity contribution is 4.92. The van der Waals surface area contributed by atoms with Crippen LogP contribution in [0.15, 0.2) is 12.4 Å².